The van der Waals surface area contributed by atoms with Crippen LogP contribution in [-0.4, -0.2) is 15.2 Å². The van der Waals surface area contributed by atoms with Gasteiger partial charge in [-0.2, -0.15) is 24.4 Å². The minimum Gasteiger partial charge on any atom is -0.172 e. The van der Waals surface area contributed by atoms with Crippen molar-refractivity contribution in [2.24, 2.45) is 0 Å². The van der Waals surface area contributed by atoms with Gasteiger partial charge in [-0.25, -0.2) is 0 Å². The van der Waals surface area contributed by atoms with Gasteiger partial charge in [0.25, 0.3) is 0 Å². The summed E-state index contributed by atoms with van der Waals surface area (Å²) in [6.07, 6.45) is 1.18. The molecule has 0 nitrogen and oxygen atoms in total. The molecule has 0 aromatic heterocycles. The summed E-state index contributed by atoms with van der Waals surface area (Å²) in [7, 11) is 0. The zero-order chi connectivity index (χ0) is 7.07. The zero-order valence-electron chi connectivity index (χ0n) is 6.22. The lowest BCUT2D eigenvalue weighted by atomic mass is 10.0. The predicted molar refractivity (Wildman–Crippen MR) is 48.5 cm³/mol. The van der Waals surface area contributed by atoms with E-state index in [1.54, 1.807) is 0 Å². The monoisotopic (exact) mass is 162 g/mol. The lowest BCUT2D eigenvalue weighted by Gasteiger charge is -2.19. The molecule has 54 valence electrons. The van der Waals surface area contributed by atoms with Gasteiger partial charge < -0.3 is 0 Å². The van der Waals surface area contributed by atoms with Crippen molar-refractivity contribution in [1.82, 2.24) is 0 Å². The van der Waals surface area contributed by atoms with Crippen LogP contribution in [0.4, 0.5) is 0 Å². The van der Waals surface area contributed by atoms with Crippen LogP contribution in [-0.2, 0) is 0 Å². The topological polar surface area (TPSA) is 0 Å². The van der Waals surface area contributed by atoms with Crippen LogP contribution in [0.2, 0.25) is 0 Å². The summed E-state index contributed by atoms with van der Waals surface area (Å²) in [5.41, 5.74) is 0. The van der Waals surface area contributed by atoms with Crippen LogP contribution in [0.15, 0.2) is 0 Å². The second kappa shape index (κ2) is 2.39. The molecule has 0 aromatic rings. The zero-order valence-corrected chi connectivity index (χ0v) is 7.93. The van der Waals surface area contributed by atoms with E-state index in [4.69, 9.17) is 0 Å². The molecule has 1 saturated heterocycles. The maximum Gasteiger partial charge on any atom is 0.0308 e. The van der Waals surface area contributed by atoms with Crippen molar-refractivity contribution in [1.29, 1.82) is 0 Å². The number of hydrogen-bond acceptors (Lipinski definition) is 2. The molecule has 3 atom stereocenters. The van der Waals surface area contributed by atoms with E-state index in [1.165, 1.54) is 6.42 Å². The fraction of sp³-hybridized carbons (Fsp3) is 1.00. The summed E-state index contributed by atoms with van der Waals surface area (Å²) in [4.78, 5) is 0. The first-order chi connectivity index (χ1) is 4.08. The SMILES string of the molecule is CC[C@](C)(S)C1SC1C. The van der Waals surface area contributed by atoms with Crippen LogP contribution in [0.25, 0.3) is 0 Å². The molecule has 0 amide bonds. The van der Waals surface area contributed by atoms with Gasteiger partial charge in [-0.15, -0.1) is 0 Å². The number of thioether (sulfide) groups is 1. The third kappa shape index (κ3) is 1.58. The summed E-state index contributed by atoms with van der Waals surface area (Å²) < 4.78 is 0.282. The fourth-order valence-corrected chi connectivity index (χ4v) is 2.68. The van der Waals surface area contributed by atoms with Crippen LogP contribution < -0.4 is 0 Å². The van der Waals surface area contributed by atoms with Crippen LogP contribution in [0.1, 0.15) is 27.2 Å². The normalized spacial score (nSPS) is 40.0. The molecule has 1 aliphatic heterocycles. The molecule has 1 rings (SSSR count). The van der Waals surface area contributed by atoms with Crippen molar-refractivity contribution in [2.45, 2.75) is 42.4 Å². The highest BCUT2D eigenvalue weighted by Gasteiger charge is 2.45. The first-order valence-electron chi connectivity index (χ1n) is 3.46. The minimum atomic E-state index is 0.282. The highest BCUT2D eigenvalue weighted by molar-refractivity contribution is 8.08. The Morgan fingerprint density at radius 3 is 2.22 bits per heavy atom. The summed E-state index contributed by atoms with van der Waals surface area (Å²) >= 11 is 6.63. The quantitative estimate of drug-likeness (QED) is 0.481. The van der Waals surface area contributed by atoms with Crippen LogP contribution in [0.3, 0.4) is 0 Å². The van der Waals surface area contributed by atoms with Gasteiger partial charge >= 0.3 is 0 Å². The van der Waals surface area contributed by atoms with Gasteiger partial charge in [0.15, 0.2) is 0 Å². The average Bonchev–Trinajstić information content (AvgIpc) is 2.47. The van der Waals surface area contributed by atoms with E-state index in [9.17, 15) is 0 Å². The van der Waals surface area contributed by atoms with E-state index in [-0.39, 0.29) is 4.75 Å². The summed E-state index contributed by atoms with van der Waals surface area (Å²) in [5.74, 6) is 0. The summed E-state index contributed by atoms with van der Waals surface area (Å²) in [6.45, 7) is 6.72. The molecule has 0 radical (unpaired) electrons. The predicted octanol–water partition coefficient (Wildman–Crippen LogP) is 2.59. The Bertz CT molecular complexity index is 109. The van der Waals surface area contributed by atoms with Crippen molar-refractivity contribution in [3.8, 4) is 0 Å². The van der Waals surface area contributed by atoms with Gasteiger partial charge in [-0.3, -0.25) is 0 Å². The summed E-state index contributed by atoms with van der Waals surface area (Å²) in [5, 5.41) is 1.67. The van der Waals surface area contributed by atoms with Gasteiger partial charge in [0.1, 0.15) is 0 Å². The van der Waals surface area contributed by atoms with Crippen molar-refractivity contribution in [3.63, 3.8) is 0 Å². The van der Waals surface area contributed by atoms with Crippen molar-refractivity contribution >= 4 is 24.4 Å². The maximum atomic E-state index is 4.58. The van der Waals surface area contributed by atoms with Gasteiger partial charge in [0.05, 0.1) is 0 Å². The van der Waals surface area contributed by atoms with Crippen LogP contribution in [0.5, 0.6) is 0 Å². The second-order valence-electron chi connectivity index (χ2n) is 2.97. The standard InChI is InChI=1S/C7H14S2/c1-4-7(3,8)6-5(2)9-6/h5-6,8H,4H2,1-3H3/t5?,6?,7-/m0/s1. The van der Waals surface area contributed by atoms with Gasteiger partial charge in [0.2, 0.25) is 0 Å². The third-order valence-electron chi connectivity index (χ3n) is 2.04. The molecular weight excluding hydrogens is 148 g/mol. The molecule has 2 unspecified atom stereocenters. The van der Waals surface area contributed by atoms with Gasteiger partial charge in [-0.1, -0.05) is 13.8 Å². The van der Waals surface area contributed by atoms with Crippen molar-refractivity contribution in [3.05, 3.63) is 0 Å². The Balaban J connectivity index is 2.41. The molecule has 2 heteroatoms. The molecule has 0 spiro atoms. The molecule has 0 bridgehead atoms. The minimum absolute atomic E-state index is 0.282. The fourth-order valence-electron chi connectivity index (χ4n) is 1.04. The lowest BCUT2D eigenvalue weighted by Crippen LogP contribution is -2.23. The molecular formula is C7H14S2. The molecule has 1 heterocycles. The highest BCUT2D eigenvalue weighted by atomic mass is 32.2. The Labute approximate surface area is 67.2 Å². The van der Waals surface area contributed by atoms with E-state index in [1.807, 2.05) is 11.8 Å². The van der Waals surface area contributed by atoms with Crippen molar-refractivity contribution < 1.29 is 0 Å². The Morgan fingerprint density at radius 2 is 2.11 bits per heavy atom. The molecule has 0 aliphatic carbocycles. The lowest BCUT2D eigenvalue weighted by molar-refractivity contribution is 0.625. The molecule has 0 N–H and O–H groups in total. The maximum absolute atomic E-state index is 4.58. The third-order valence-corrected chi connectivity index (χ3v) is 4.42. The van der Waals surface area contributed by atoms with E-state index in [2.05, 4.69) is 33.4 Å². The number of hydrogen-bond donors (Lipinski definition) is 1. The Kier molecular flexibility index (Phi) is 2.07. The average molecular weight is 162 g/mol. The van der Waals surface area contributed by atoms with E-state index >= 15 is 0 Å². The molecule has 1 fully saturated rings. The van der Waals surface area contributed by atoms with E-state index < -0.39 is 0 Å². The molecule has 9 heavy (non-hydrogen) atoms. The van der Waals surface area contributed by atoms with Crippen LogP contribution >= 0.6 is 24.4 Å². The number of thiol groups is 1. The molecule has 0 aromatic carbocycles. The van der Waals surface area contributed by atoms with Crippen LogP contribution in [0, 0.1) is 0 Å². The first kappa shape index (κ1) is 7.80. The first-order valence-corrected chi connectivity index (χ1v) is 4.85. The summed E-state index contributed by atoms with van der Waals surface area (Å²) in [6, 6.07) is 0. The molecule has 1 aliphatic rings. The van der Waals surface area contributed by atoms with Gasteiger partial charge in [0, 0.05) is 15.2 Å². The molecule has 0 saturated carbocycles. The Hall–Kier alpha value is 0.700. The highest BCUT2D eigenvalue weighted by Crippen LogP contribution is 2.51. The second-order valence-corrected chi connectivity index (χ2v) is 5.52. The van der Waals surface area contributed by atoms with Crippen molar-refractivity contribution in [2.75, 3.05) is 0 Å². The van der Waals surface area contributed by atoms with E-state index in [0.717, 1.165) is 10.5 Å². The van der Waals surface area contributed by atoms with Gasteiger partial charge in [-0.05, 0) is 13.3 Å². The number of rotatable bonds is 2. The Morgan fingerprint density at radius 1 is 1.67 bits per heavy atom. The van der Waals surface area contributed by atoms with E-state index in [0.29, 0.717) is 0 Å². The smallest absolute Gasteiger partial charge is 0.0308 e. The largest absolute Gasteiger partial charge is 0.172 e.